The predicted octanol–water partition coefficient (Wildman–Crippen LogP) is 5.10. The van der Waals surface area contributed by atoms with Gasteiger partial charge in [-0.15, -0.1) is 0 Å². The smallest absolute Gasteiger partial charge is 0.182 e. The minimum Gasteiger partial charge on any atom is -0.373 e. The fourth-order valence-corrected chi connectivity index (χ4v) is 3.13. The molecule has 0 aliphatic carbocycles. The third kappa shape index (κ3) is 3.07. The molecular weight excluding hydrogens is 369 g/mol. The number of nitrogens with zero attached hydrogens (tertiary/aromatic N) is 4. The van der Waals surface area contributed by atoms with Crippen molar-refractivity contribution in [3.63, 3.8) is 0 Å². The number of anilines is 1. The molecule has 0 spiro atoms. The third-order valence-electron chi connectivity index (χ3n) is 3.97. The van der Waals surface area contributed by atoms with E-state index in [9.17, 15) is 0 Å². The number of rotatable bonds is 3. The zero-order valence-corrected chi connectivity index (χ0v) is 15.3. The molecule has 0 amide bonds. The van der Waals surface area contributed by atoms with E-state index in [4.69, 9.17) is 23.2 Å². The minimum absolute atomic E-state index is 0.504. The van der Waals surface area contributed by atoms with Crippen molar-refractivity contribution in [3.05, 3.63) is 65.0 Å². The van der Waals surface area contributed by atoms with Crippen molar-refractivity contribution in [2.45, 2.75) is 0 Å². The Morgan fingerprint density at radius 2 is 1.85 bits per heavy atom. The van der Waals surface area contributed by atoms with Gasteiger partial charge in [-0.1, -0.05) is 29.3 Å². The first kappa shape index (κ1) is 16.7. The highest BCUT2D eigenvalue weighted by Crippen LogP contribution is 2.33. The summed E-state index contributed by atoms with van der Waals surface area (Å²) in [6.45, 7) is 0. The summed E-state index contributed by atoms with van der Waals surface area (Å²) in [5, 5.41) is 5.28. The molecule has 4 aromatic rings. The Morgan fingerprint density at radius 1 is 0.962 bits per heavy atom. The van der Waals surface area contributed by atoms with Crippen LogP contribution in [-0.2, 0) is 0 Å². The van der Waals surface area contributed by atoms with Crippen LogP contribution in [0.3, 0.4) is 0 Å². The van der Waals surface area contributed by atoms with Gasteiger partial charge in [0.15, 0.2) is 5.82 Å². The third-order valence-corrected chi connectivity index (χ3v) is 4.53. The predicted molar refractivity (Wildman–Crippen MR) is 106 cm³/mol. The summed E-state index contributed by atoms with van der Waals surface area (Å²) in [5.74, 6) is 1.23. The molecule has 128 valence electrons. The zero-order chi connectivity index (χ0) is 18.1. The molecule has 2 heterocycles. The molecule has 0 saturated heterocycles. The Labute approximate surface area is 160 Å². The van der Waals surface area contributed by atoms with E-state index in [0.29, 0.717) is 21.6 Å². The summed E-state index contributed by atoms with van der Waals surface area (Å²) < 4.78 is 0. The highest BCUT2D eigenvalue weighted by Gasteiger charge is 2.12. The normalized spacial score (nSPS) is 10.9. The van der Waals surface area contributed by atoms with Crippen LogP contribution in [0.15, 0.2) is 55.0 Å². The number of hydrogen-bond acceptors (Lipinski definition) is 5. The number of aromatic nitrogens is 4. The van der Waals surface area contributed by atoms with E-state index in [-0.39, 0.29) is 0 Å². The maximum Gasteiger partial charge on any atom is 0.182 e. The van der Waals surface area contributed by atoms with E-state index in [0.717, 1.165) is 27.8 Å². The molecule has 7 heteroatoms. The topological polar surface area (TPSA) is 63.6 Å². The Balaban J connectivity index is 1.93. The van der Waals surface area contributed by atoms with Gasteiger partial charge < -0.3 is 5.32 Å². The maximum atomic E-state index is 6.35. The van der Waals surface area contributed by atoms with Crippen molar-refractivity contribution in [2.24, 2.45) is 0 Å². The van der Waals surface area contributed by atoms with Gasteiger partial charge in [0.25, 0.3) is 0 Å². The van der Waals surface area contributed by atoms with E-state index in [1.54, 1.807) is 30.7 Å². The van der Waals surface area contributed by atoms with Gasteiger partial charge in [0.2, 0.25) is 0 Å². The van der Waals surface area contributed by atoms with Crippen LogP contribution in [-0.4, -0.2) is 27.0 Å². The Bertz CT molecular complexity index is 1100. The van der Waals surface area contributed by atoms with Crippen LogP contribution in [0.5, 0.6) is 0 Å². The minimum atomic E-state index is 0.504. The molecule has 0 saturated carbocycles. The Kier molecular flexibility index (Phi) is 4.41. The molecule has 5 nitrogen and oxygen atoms in total. The van der Waals surface area contributed by atoms with Crippen molar-refractivity contribution in [1.29, 1.82) is 0 Å². The first-order chi connectivity index (χ1) is 12.7. The molecule has 0 unspecified atom stereocenters. The van der Waals surface area contributed by atoms with Crippen molar-refractivity contribution < 1.29 is 0 Å². The van der Waals surface area contributed by atoms with E-state index in [1.165, 1.54) is 0 Å². The van der Waals surface area contributed by atoms with Gasteiger partial charge in [-0.3, -0.25) is 4.98 Å². The van der Waals surface area contributed by atoms with Gasteiger partial charge in [-0.05, 0) is 35.9 Å². The van der Waals surface area contributed by atoms with Gasteiger partial charge in [0.05, 0.1) is 11.7 Å². The molecule has 4 rings (SSSR count). The van der Waals surface area contributed by atoms with Crippen LogP contribution in [0, 0.1) is 0 Å². The van der Waals surface area contributed by atoms with Gasteiger partial charge in [-0.25, -0.2) is 15.0 Å². The van der Waals surface area contributed by atoms with Crippen molar-refractivity contribution in [1.82, 2.24) is 19.9 Å². The van der Waals surface area contributed by atoms with Crippen LogP contribution in [0.4, 0.5) is 5.82 Å². The summed E-state index contributed by atoms with van der Waals surface area (Å²) in [7, 11) is 1.82. The van der Waals surface area contributed by atoms with Gasteiger partial charge in [-0.2, -0.15) is 0 Å². The van der Waals surface area contributed by atoms with E-state index < -0.39 is 0 Å². The molecule has 2 aromatic heterocycles. The number of halogens is 2. The second kappa shape index (κ2) is 6.86. The summed E-state index contributed by atoms with van der Waals surface area (Å²) in [6, 6.07) is 11.3. The molecule has 1 N–H and O–H groups in total. The van der Waals surface area contributed by atoms with Crippen LogP contribution in [0.1, 0.15) is 0 Å². The lowest BCUT2D eigenvalue weighted by molar-refractivity contribution is 1.13. The molecule has 0 fully saturated rings. The molecule has 0 bridgehead atoms. The molecule has 0 aliphatic rings. The van der Waals surface area contributed by atoms with Crippen LogP contribution < -0.4 is 5.32 Å². The first-order valence-electron chi connectivity index (χ1n) is 7.87. The van der Waals surface area contributed by atoms with Crippen LogP contribution >= 0.6 is 23.2 Å². The second-order valence-electron chi connectivity index (χ2n) is 5.59. The Morgan fingerprint density at radius 3 is 2.62 bits per heavy atom. The summed E-state index contributed by atoms with van der Waals surface area (Å²) in [4.78, 5) is 17.6. The highest BCUT2D eigenvalue weighted by atomic mass is 35.5. The average Bonchev–Trinajstić information content (AvgIpc) is 2.69. The lowest BCUT2D eigenvalue weighted by Gasteiger charge is -2.10. The number of hydrogen-bond donors (Lipinski definition) is 1. The van der Waals surface area contributed by atoms with Gasteiger partial charge >= 0.3 is 0 Å². The van der Waals surface area contributed by atoms with E-state index in [1.807, 2.05) is 31.3 Å². The van der Waals surface area contributed by atoms with Crippen LogP contribution in [0.25, 0.3) is 33.5 Å². The van der Waals surface area contributed by atoms with Crippen molar-refractivity contribution in [3.8, 4) is 22.6 Å². The monoisotopic (exact) mass is 381 g/mol. The Hall–Kier alpha value is -2.76. The quantitative estimate of drug-likeness (QED) is 0.534. The first-order valence-corrected chi connectivity index (χ1v) is 8.62. The van der Waals surface area contributed by atoms with Gasteiger partial charge in [0, 0.05) is 40.4 Å². The molecule has 0 radical (unpaired) electrons. The zero-order valence-electron chi connectivity index (χ0n) is 13.7. The maximum absolute atomic E-state index is 6.35. The lowest BCUT2D eigenvalue weighted by atomic mass is 10.0. The van der Waals surface area contributed by atoms with Crippen LogP contribution in [0.2, 0.25) is 10.0 Å². The molecule has 26 heavy (non-hydrogen) atoms. The fraction of sp³-hybridized carbons (Fsp3) is 0.0526. The molecule has 2 aromatic carbocycles. The number of benzene rings is 2. The second-order valence-corrected chi connectivity index (χ2v) is 6.44. The van der Waals surface area contributed by atoms with Gasteiger partial charge in [0.1, 0.15) is 11.5 Å². The van der Waals surface area contributed by atoms with Crippen molar-refractivity contribution >= 4 is 39.9 Å². The SMILES string of the molecule is CNc1nc(-c2cnccn2)nc2cc(-c3cc(Cl)ccc3Cl)ccc12. The average molecular weight is 382 g/mol. The summed E-state index contributed by atoms with van der Waals surface area (Å²) in [5.41, 5.74) is 3.17. The molecular formula is C19H13Cl2N5. The van der Waals surface area contributed by atoms with E-state index >= 15 is 0 Å². The number of nitrogens with one attached hydrogen (secondary N) is 1. The summed E-state index contributed by atoms with van der Waals surface area (Å²) in [6.07, 6.45) is 4.87. The molecule has 0 aliphatic heterocycles. The highest BCUT2D eigenvalue weighted by molar-refractivity contribution is 6.35. The lowest BCUT2D eigenvalue weighted by Crippen LogP contribution is -2.00. The fourth-order valence-electron chi connectivity index (χ4n) is 2.74. The molecule has 0 atom stereocenters. The summed E-state index contributed by atoms with van der Waals surface area (Å²) >= 11 is 12.5. The van der Waals surface area contributed by atoms with E-state index in [2.05, 4.69) is 25.3 Å². The standard InChI is InChI=1S/C19H13Cl2N5/c1-22-18-13-4-2-11(14-9-12(20)3-5-15(14)21)8-16(13)25-19(26-18)17-10-23-6-7-24-17/h2-10H,1H3,(H,22,25,26). The van der Waals surface area contributed by atoms with Crippen molar-refractivity contribution in [2.75, 3.05) is 12.4 Å². The largest absolute Gasteiger partial charge is 0.373 e. The number of fused-ring (bicyclic) bond motifs is 1.